The maximum absolute atomic E-state index is 11.4. The normalized spacial score (nSPS) is 10.5. The average Bonchev–Trinajstić information content (AvgIpc) is 1.97. The number of nitrogen functional groups attached to an aromatic ring is 1. The summed E-state index contributed by atoms with van der Waals surface area (Å²) in [5.41, 5.74) is 15.5. The molecule has 5 N–H and O–H groups in total. The number of rotatable bonds is 21. The van der Waals surface area contributed by atoms with E-state index in [9.17, 15) is 9.59 Å². The zero-order valence-corrected chi connectivity index (χ0v) is 53.1. The number of para-hydroxylation sites is 8. The van der Waals surface area contributed by atoms with Crippen LogP contribution in [-0.2, 0) is 42.5 Å². The molecule has 0 radical (unpaired) electrons. The van der Waals surface area contributed by atoms with Crippen LogP contribution in [0.15, 0.2) is 199 Å². The first-order valence-corrected chi connectivity index (χ1v) is 30.8. The van der Waals surface area contributed by atoms with Crippen LogP contribution < -0.4 is 26.3 Å². The molecule has 0 unspecified atom stereocenters. The Kier molecular flexibility index (Phi) is 26.9. The number of pyridine rings is 4. The minimum absolute atomic E-state index is 0. The third-order valence-corrected chi connectivity index (χ3v) is 15.0. The average molecular weight is 1290 g/mol. The molecule has 0 aliphatic carbocycles. The molecule has 91 heavy (non-hydrogen) atoms. The standard InChI is InChI=1S/C22H28N4O2.C20H25N5O2.C13H12N4.C8H9N3.C5H4BrN.CH4/c1-3-28-21(27)15-6-4-5-11-17-26(20-14-9-10-16-23-20)22-24-18-12-7-8-13-19(18)25(22)2;1-24-17-11-6-5-10-16(17)22-20(24)25(18-12-7-8-14-21-18)15-9-3-2-4-13-19(26)23-27;1-17-11-7-3-2-6-10(11)15-13(17)16-12-8-4-5-9-14-12;1-11-7-5-3-2-4-6(7)10-8(11)9;6-5-3-1-2-4-7-5;/h7-10,12-14,16H,3-6,11,15,17H2,1-2H3;5-8,10-12,14,27H,2-4,9,13,15H2,1H3,(H,23,26);2-9H,1H3,(H,14,15,16);2-5H,1H3,(H2,9,10);1-4H;1H4. The first-order chi connectivity index (χ1) is 43.9. The van der Waals surface area contributed by atoms with Crippen LogP contribution in [0.5, 0.6) is 0 Å². The lowest BCUT2D eigenvalue weighted by atomic mass is 10.1. The number of carbonyl (C=O) groups is 2. The van der Waals surface area contributed by atoms with E-state index in [-0.39, 0.29) is 19.3 Å². The highest BCUT2D eigenvalue weighted by Crippen LogP contribution is 2.29. The molecule has 0 aliphatic rings. The Labute approximate surface area is 540 Å². The summed E-state index contributed by atoms with van der Waals surface area (Å²) in [5.74, 6) is 5.26. The summed E-state index contributed by atoms with van der Waals surface area (Å²) in [7, 11) is 7.96. The van der Waals surface area contributed by atoms with E-state index in [1.54, 1.807) is 24.1 Å². The van der Waals surface area contributed by atoms with Gasteiger partial charge in [0.15, 0.2) is 0 Å². The maximum Gasteiger partial charge on any atom is 0.305 e. The number of nitrogens with zero attached hydrogens (tertiary/aromatic N) is 14. The molecule has 12 aromatic rings. The number of halogens is 1. The molecule has 0 fully saturated rings. The van der Waals surface area contributed by atoms with Crippen LogP contribution in [0.4, 0.5) is 41.2 Å². The van der Waals surface area contributed by atoms with Gasteiger partial charge in [0, 0.05) is 78.9 Å². The Balaban J connectivity index is 0.000000172. The van der Waals surface area contributed by atoms with Gasteiger partial charge >= 0.3 is 5.97 Å². The number of hydroxylamine groups is 1. The molecule has 8 heterocycles. The molecule has 0 atom stereocenters. The lowest BCUT2D eigenvalue weighted by Crippen LogP contribution is -2.22. The van der Waals surface area contributed by atoms with Crippen molar-refractivity contribution in [3.8, 4) is 0 Å². The van der Waals surface area contributed by atoms with Crippen LogP contribution in [0.1, 0.15) is 78.6 Å². The molecule has 12 rings (SSSR count). The number of benzene rings is 4. The fourth-order valence-electron chi connectivity index (χ4n) is 9.81. The fourth-order valence-corrected chi connectivity index (χ4v) is 10.1. The van der Waals surface area contributed by atoms with Gasteiger partial charge in [0.05, 0.1) is 50.7 Å². The van der Waals surface area contributed by atoms with Crippen molar-refractivity contribution in [3.63, 3.8) is 0 Å². The van der Waals surface area contributed by atoms with Crippen LogP contribution in [0.3, 0.4) is 0 Å². The van der Waals surface area contributed by atoms with Crippen LogP contribution in [0, 0.1) is 0 Å². The Hall–Kier alpha value is -10.1. The second-order valence-corrected chi connectivity index (χ2v) is 21.6. The zero-order chi connectivity index (χ0) is 63.5. The van der Waals surface area contributed by atoms with Crippen molar-refractivity contribution in [2.75, 3.05) is 40.5 Å². The number of carbonyl (C=O) groups excluding carboxylic acids is 2. The van der Waals surface area contributed by atoms with E-state index in [1.807, 2.05) is 208 Å². The number of fused-ring (bicyclic) bond motifs is 4. The van der Waals surface area contributed by atoms with Gasteiger partial charge in [0.1, 0.15) is 22.1 Å². The van der Waals surface area contributed by atoms with Crippen LogP contribution in [-0.4, -0.2) is 94.9 Å². The van der Waals surface area contributed by atoms with Crippen molar-refractivity contribution in [2.45, 2.75) is 78.6 Å². The molecular weight excluding hydrogens is 1210 g/mol. The van der Waals surface area contributed by atoms with Crippen LogP contribution in [0.25, 0.3) is 44.1 Å². The number of aromatic nitrogens is 12. The van der Waals surface area contributed by atoms with Crippen molar-refractivity contribution in [1.82, 2.24) is 63.6 Å². The van der Waals surface area contributed by atoms with E-state index in [2.05, 4.69) is 82.2 Å². The number of nitrogens with one attached hydrogen (secondary N) is 2. The summed E-state index contributed by atoms with van der Waals surface area (Å²) in [6.07, 6.45) is 15.5. The highest BCUT2D eigenvalue weighted by molar-refractivity contribution is 9.10. The summed E-state index contributed by atoms with van der Waals surface area (Å²) in [6.45, 7) is 3.91. The highest BCUT2D eigenvalue weighted by atomic mass is 79.9. The molecule has 0 saturated heterocycles. The van der Waals surface area contributed by atoms with Crippen molar-refractivity contribution in [2.24, 2.45) is 28.2 Å². The van der Waals surface area contributed by atoms with Gasteiger partial charge in [-0.3, -0.25) is 24.6 Å². The number of unbranched alkanes of at least 4 members (excludes halogenated alkanes) is 6. The van der Waals surface area contributed by atoms with E-state index in [1.165, 1.54) is 0 Å². The molecule has 22 heteroatoms. The van der Waals surface area contributed by atoms with Gasteiger partial charge in [-0.15, -0.1) is 0 Å². The van der Waals surface area contributed by atoms with Gasteiger partial charge in [-0.1, -0.05) is 106 Å². The first-order valence-electron chi connectivity index (χ1n) is 30.1. The Morgan fingerprint density at radius 3 is 1.32 bits per heavy atom. The number of amides is 1. The van der Waals surface area contributed by atoms with E-state index in [0.29, 0.717) is 25.4 Å². The largest absolute Gasteiger partial charge is 0.466 e. The van der Waals surface area contributed by atoms with Crippen LogP contribution >= 0.6 is 15.9 Å². The van der Waals surface area contributed by atoms with E-state index in [0.717, 1.165) is 148 Å². The molecule has 1 amide bonds. The lowest BCUT2D eigenvalue weighted by Gasteiger charge is -2.22. The molecule has 0 saturated carbocycles. The third kappa shape index (κ3) is 19.7. The number of esters is 1. The first kappa shape index (κ1) is 68.4. The molecule has 8 aromatic heterocycles. The SMILES string of the molecule is Brc1ccccn1.C.CCOC(=O)CCCCCCN(c1ccccn1)c1nc2ccccc2n1C.Cn1c(N(CCCCCCC(=O)NO)c2ccccn2)nc2ccccc21.Cn1c(N)nc2ccccc21.Cn1c(Nc2ccccn2)nc2ccccc21. The van der Waals surface area contributed by atoms with Crippen molar-refractivity contribution in [3.05, 3.63) is 199 Å². The smallest absolute Gasteiger partial charge is 0.305 e. The monoisotopic (exact) mass is 1290 g/mol. The summed E-state index contributed by atoms with van der Waals surface area (Å²) in [5, 5.41) is 11.7. The van der Waals surface area contributed by atoms with Crippen LogP contribution in [0.2, 0.25) is 0 Å². The number of hydrogen-bond donors (Lipinski definition) is 4. The maximum atomic E-state index is 11.4. The predicted octanol–water partition coefficient (Wildman–Crippen LogP) is 14.5. The molecule has 21 nitrogen and oxygen atoms in total. The van der Waals surface area contributed by atoms with E-state index in [4.69, 9.17) is 25.6 Å². The van der Waals surface area contributed by atoms with Gasteiger partial charge in [0.2, 0.25) is 29.7 Å². The van der Waals surface area contributed by atoms with Gasteiger partial charge in [-0.05, 0) is 146 Å². The summed E-state index contributed by atoms with van der Waals surface area (Å²) in [6, 6.07) is 55.4. The topological polar surface area (TPSA) is 243 Å². The number of ether oxygens (including phenoxy) is 1. The minimum Gasteiger partial charge on any atom is -0.466 e. The summed E-state index contributed by atoms with van der Waals surface area (Å²) in [4.78, 5) is 62.3. The van der Waals surface area contributed by atoms with E-state index >= 15 is 0 Å². The van der Waals surface area contributed by atoms with Gasteiger partial charge in [0.25, 0.3) is 0 Å². The number of imidazole rings is 4. The van der Waals surface area contributed by atoms with Crippen molar-refractivity contribution in [1.29, 1.82) is 0 Å². The Bertz CT molecular complexity index is 4110. The second kappa shape index (κ2) is 35.8. The molecule has 4 aromatic carbocycles. The van der Waals surface area contributed by atoms with Gasteiger partial charge < -0.3 is 34.1 Å². The second-order valence-electron chi connectivity index (χ2n) is 20.8. The molecular formula is C69H82BrN17O4. The van der Waals surface area contributed by atoms with Gasteiger partial charge in [-0.25, -0.2) is 45.4 Å². The fraction of sp³-hybridized carbons (Fsp3) is 0.275. The lowest BCUT2D eigenvalue weighted by molar-refractivity contribution is -0.143. The number of aryl methyl sites for hydroxylation is 4. The number of nitrogens with two attached hydrogens (primary N) is 1. The highest BCUT2D eigenvalue weighted by Gasteiger charge is 2.19. The molecule has 474 valence electrons. The summed E-state index contributed by atoms with van der Waals surface area (Å²) < 4.78 is 14.0. The number of hydrogen-bond acceptors (Lipinski definition) is 16. The summed E-state index contributed by atoms with van der Waals surface area (Å²) >= 11 is 3.20. The van der Waals surface area contributed by atoms with Crippen molar-refractivity contribution < 1.29 is 19.5 Å². The molecule has 0 spiro atoms. The Morgan fingerprint density at radius 2 is 0.912 bits per heavy atom. The van der Waals surface area contributed by atoms with E-state index < -0.39 is 0 Å². The third-order valence-electron chi connectivity index (χ3n) is 14.5. The minimum atomic E-state index is -0.329. The predicted molar refractivity (Wildman–Crippen MR) is 369 cm³/mol. The van der Waals surface area contributed by atoms with Gasteiger partial charge in [-0.2, -0.15) is 0 Å². The van der Waals surface area contributed by atoms with Crippen molar-refractivity contribution >= 4 is 113 Å². The Morgan fingerprint density at radius 1 is 0.495 bits per heavy atom. The molecule has 0 aliphatic heterocycles. The molecule has 0 bridgehead atoms. The number of anilines is 7. The quantitative estimate of drug-likeness (QED) is 0.0172. The zero-order valence-electron chi connectivity index (χ0n) is 51.6.